The van der Waals surface area contributed by atoms with Gasteiger partial charge in [-0.25, -0.2) is 4.79 Å². The Bertz CT molecular complexity index is 953. The Morgan fingerprint density at radius 3 is 2.00 bits per heavy atom. The van der Waals surface area contributed by atoms with Crippen LogP contribution in [-0.4, -0.2) is 26.2 Å². The second-order valence-electron chi connectivity index (χ2n) is 6.43. The number of ether oxygens (including phenoxy) is 4. The van der Waals surface area contributed by atoms with Gasteiger partial charge in [0.1, 0.15) is 22.8 Å². The molecule has 0 saturated heterocycles. The maximum Gasteiger partial charge on any atom is 0.343 e. The van der Waals surface area contributed by atoms with E-state index in [2.05, 4.69) is 0 Å². The molecule has 0 bridgehead atoms. The Morgan fingerprint density at radius 2 is 1.50 bits per heavy atom. The van der Waals surface area contributed by atoms with E-state index >= 15 is 0 Å². The van der Waals surface area contributed by atoms with Crippen molar-refractivity contribution >= 4 is 17.3 Å². The van der Waals surface area contributed by atoms with Gasteiger partial charge in [0, 0.05) is 5.56 Å². The van der Waals surface area contributed by atoms with Crippen LogP contribution in [-0.2, 0) is 10.5 Å². The molecule has 164 valence electrons. The lowest BCUT2D eigenvalue weighted by Crippen LogP contribution is -2.62. The van der Waals surface area contributed by atoms with Gasteiger partial charge in [-0.3, -0.25) is 34.4 Å². The van der Waals surface area contributed by atoms with Crippen LogP contribution in [0.2, 0.25) is 0 Å². The molecule has 0 aromatic heterocycles. The topological polar surface area (TPSA) is 262 Å². The van der Waals surface area contributed by atoms with Crippen LogP contribution in [0.1, 0.15) is 15.9 Å². The number of anilines is 2. The van der Waals surface area contributed by atoms with E-state index in [-0.39, 0.29) is 45.5 Å². The van der Waals surface area contributed by atoms with E-state index in [0.717, 1.165) is 0 Å². The predicted molar refractivity (Wildman–Crippen MR) is 110 cm³/mol. The van der Waals surface area contributed by atoms with Crippen LogP contribution < -0.4 is 60.1 Å². The molecule has 2 aromatic carbocycles. The van der Waals surface area contributed by atoms with Gasteiger partial charge in [0.05, 0.1) is 19.9 Å². The first-order valence-corrected chi connectivity index (χ1v) is 8.37. The molecule has 2 rings (SSSR count). The number of nitrogens with two attached hydrogens (primary N) is 8. The van der Waals surface area contributed by atoms with E-state index in [1.54, 1.807) is 0 Å². The molecule has 13 heteroatoms. The average molecular weight is 422 g/mol. The Kier molecular flexibility index (Phi) is 6.27. The second-order valence-corrected chi connectivity index (χ2v) is 6.43. The highest BCUT2D eigenvalue weighted by Crippen LogP contribution is 2.43. The number of hydrogen-bond acceptors (Lipinski definition) is 13. The summed E-state index contributed by atoms with van der Waals surface area (Å²) in [6.45, 7) is 0. The van der Waals surface area contributed by atoms with Gasteiger partial charge in [0.2, 0.25) is 0 Å². The Labute approximate surface area is 172 Å². The van der Waals surface area contributed by atoms with Crippen LogP contribution in [0.3, 0.4) is 0 Å². The molecule has 0 amide bonds. The van der Waals surface area contributed by atoms with Crippen LogP contribution in [0.15, 0.2) is 24.3 Å². The Balaban J connectivity index is 2.62. The van der Waals surface area contributed by atoms with Gasteiger partial charge >= 0.3 is 5.97 Å². The minimum absolute atomic E-state index is 0.0182. The summed E-state index contributed by atoms with van der Waals surface area (Å²) in [7, 11) is 2.52. The van der Waals surface area contributed by atoms with E-state index in [1.165, 1.54) is 38.5 Å². The maximum atomic E-state index is 12.2. The molecule has 0 atom stereocenters. The predicted octanol–water partition coefficient (Wildman–Crippen LogP) is -1.71. The standard InChI is InChI=1S/C17H26N8O5/c1-27-14-10(4-3-9(13(14)19)30-17(23,24)25)29-11-6-7(16(20,21)22)5-8(18)12(11)15(26)28-2/h3-6H,18-25H2,1-2H3. The summed E-state index contributed by atoms with van der Waals surface area (Å²) < 4.78 is 21.1. The summed E-state index contributed by atoms with van der Waals surface area (Å²) in [4.78, 5) is 12.2. The number of nitrogen functional groups attached to an aromatic ring is 2. The average Bonchev–Trinajstić information content (AvgIpc) is 2.61. The molecule has 0 aliphatic carbocycles. The fraction of sp³-hybridized carbons (Fsp3) is 0.235. The Morgan fingerprint density at radius 1 is 0.900 bits per heavy atom. The molecular weight excluding hydrogens is 396 g/mol. The molecule has 0 radical (unpaired) electrons. The van der Waals surface area contributed by atoms with Crippen molar-refractivity contribution in [2.45, 2.75) is 11.8 Å². The smallest absolute Gasteiger partial charge is 0.343 e. The normalized spacial score (nSPS) is 11.7. The van der Waals surface area contributed by atoms with Crippen LogP contribution in [0, 0.1) is 0 Å². The highest BCUT2D eigenvalue weighted by molar-refractivity contribution is 5.98. The number of rotatable bonds is 7. The molecule has 0 saturated carbocycles. The van der Waals surface area contributed by atoms with Gasteiger partial charge in [-0.15, -0.1) is 0 Å². The van der Waals surface area contributed by atoms with E-state index in [0.29, 0.717) is 0 Å². The number of esters is 1. The van der Waals surface area contributed by atoms with E-state index < -0.39 is 17.7 Å². The summed E-state index contributed by atoms with van der Waals surface area (Å²) in [5, 5.41) is 0. The van der Waals surface area contributed by atoms with Gasteiger partial charge in [0.15, 0.2) is 17.2 Å². The molecule has 2 aromatic rings. The van der Waals surface area contributed by atoms with Gasteiger partial charge in [-0.1, -0.05) is 0 Å². The van der Waals surface area contributed by atoms with Gasteiger partial charge < -0.3 is 30.4 Å². The molecule has 0 aliphatic rings. The van der Waals surface area contributed by atoms with Gasteiger partial charge in [0.25, 0.3) is 5.97 Å². The molecule has 0 spiro atoms. The highest BCUT2D eigenvalue weighted by Gasteiger charge is 2.26. The number of carbonyl (C=O) groups is 1. The minimum atomic E-state index is -1.98. The zero-order chi connectivity index (χ0) is 22.9. The van der Waals surface area contributed by atoms with Crippen molar-refractivity contribution in [3.05, 3.63) is 35.4 Å². The Hall–Kier alpha value is -3.33. The summed E-state index contributed by atoms with van der Waals surface area (Å²) in [6, 6.07) is 5.48. The fourth-order valence-corrected chi connectivity index (χ4v) is 2.54. The fourth-order valence-electron chi connectivity index (χ4n) is 2.54. The van der Waals surface area contributed by atoms with E-state index in [9.17, 15) is 4.79 Å². The van der Waals surface area contributed by atoms with Crippen molar-refractivity contribution in [1.82, 2.24) is 0 Å². The molecule has 0 aliphatic heterocycles. The third kappa shape index (κ3) is 4.98. The van der Waals surface area contributed by atoms with Gasteiger partial charge in [-0.2, -0.15) is 0 Å². The lowest BCUT2D eigenvalue weighted by Gasteiger charge is -2.24. The van der Waals surface area contributed by atoms with Crippen LogP contribution >= 0.6 is 0 Å². The van der Waals surface area contributed by atoms with Crippen molar-refractivity contribution < 1.29 is 23.7 Å². The third-order valence-electron chi connectivity index (χ3n) is 3.85. The van der Waals surface area contributed by atoms with Crippen LogP contribution in [0.4, 0.5) is 11.4 Å². The van der Waals surface area contributed by atoms with Crippen molar-refractivity contribution in [3.63, 3.8) is 0 Å². The van der Waals surface area contributed by atoms with Crippen molar-refractivity contribution in [1.29, 1.82) is 0 Å². The van der Waals surface area contributed by atoms with Gasteiger partial charge in [-0.05, 0) is 24.3 Å². The molecule has 30 heavy (non-hydrogen) atoms. The third-order valence-corrected chi connectivity index (χ3v) is 3.85. The molecule has 0 heterocycles. The monoisotopic (exact) mass is 422 g/mol. The van der Waals surface area contributed by atoms with E-state index in [4.69, 9.17) is 64.8 Å². The number of hydrogen-bond donors (Lipinski definition) is 8. The summed E-state index contributed by atoms with van der Waals surface area (Å²) in [5.74, 6) is -4.40. The first-order chi connectivity index (χ1) is 13.8. The summed E-state index contributed by atoms with van der Waals surface area (Å²) in [5.41, 5.74) is 45.6. The highest BCUT2D eigenvalue weighted by atomic mass is 16.5. The minimum Gasteiger partial charge on any atom is -0.491 e. The summed E-state index contributed by atoms with van der Waals surface area (Å²) in [6.07, 6.45) is 0. The largest absolute Gasteiger partial charge is 0.491 e. The SMILES string of the molecule is COC(=O)c1c(N)cc(C(N)(N)N)cc1Oc1ccc(OC(N)(N)N)c(N)c1OC. The van der Waals surface area contributed by atoms with Crippen molar-refractivity contribution in [3.8, 4) is 23.0 Å². The maximum absolute atomic E-state index is 12.2. The zero-order valence-corrected chi connectivity index (χ0v) is 16.5. The number of carbonyl (C=O) groups excluding carboxylic acids is 1. The molecule has 0 unspecified atom stereocenters. The molecule has 16 N–H and O–H groups in total. The molecular formula is C17H26N8O5. The quantitative estimate of drug-likeness (QED) is 0.140. The lowest BCUT2D eigenvalue weighted by molar-refractivity contribution is 0.0598. The van der Waals surface area contributed by atoms with E-state index in [1.807, 2.05) is 0 Å². The summed E-state index contributed by atoms with van der Waals surface area (Å²) >= 11 is 0. The second kappa shape index (κ2) is 8.19. The number of benzene rings is 2. The molecule has 0 fully saturated rings. The van der Waals surface area contributed by atoms with Crippen molar-refractivity contribution in [2.75, 3.05) is 25.7 Å². The van der Waals surface area contributed by atoms with Crippen LogP contribution in [0.25, 0.3) is 0 Å². The van der Waals surface area contributed by atoms with Crippen LogP contribution in [0.5, 0.6) is 23.0 Å². The first kappa shape index (κ1) is 23.0. The molecule has 13 nitrogen and oxygen atoms in total. The van der Waals surface area contributed by atoms with Crippen molar-refractivity contribution in [2.24, 2.45) is 34.4 Å². The lowest BCUT2D eigenvalue weighted by atomic mass is 10.0. The number of methoxy groups -OCH3 is 2. The zero-order valence-electron chi connectivity index (χ0n) is 16.5. The first-order valence-electron chi connectivity index (χ1n) is 8.37.